The van der Waals surface area contributed by atoms with E-state index in [2.05, 4.69) is 15.6 Å². The summed E-state index contributed by atoms with van der Waals surface area (Å²) in [6.07, 6.45) is -4.38. The van der Waals surface area contributed by atoms with Gasteiger partial charge in [-0.25, -0.2) is 0 Å². The molecule has 0 radical (unpaired) electrons. The number of guanidine groups is 1. The first kappa shape index (κ1) is 23.5. The van der Waals surface area contributed by atoms with Gasteiger partial charge >= 0.3 is 12.1 Å². The van der Waals surface area contributed by atoms with Gasteiger partial charge in [-0.15, -0.1) is 24.0 Å². The van der Waals surface area contributed by atoms with Crippen molar-refractivity contribution >= 4 is 35.9 Å². The Balaban J connectivity index is 0.00000576. The van der Waals surface area contributed by atoms with Crippen molar-refractivity contribution in [2.75, 3.05) is 13.6 Å². The summed E-state index contributed by atoms with van der Waals surface area (Å²) in [7, 11) is 1.50. The Bertz CT molecular complexity index is 599. The fraction of sp³-hybridized carbons (Fsp3) is 0.500. The number of rotatable bonds is 4. The maximum absolute atomic E-state index is 12.7. The molecule has 0 heterocycles. The lowest BCUT2D eigenvalue weighted by Gasteiger charge is -2.20. The first-order valence-corrected chi connectivity index (χ1v) is 7.34. The van der Waals surface area contributed by atoms with Crippen molar-refractivity contribution in [1.82, 2.24) is 10.6 Å². The maximum atomic E-state index is 12.7. The molecule has 0 aromatic heterocycles. The summed E-state index contributed by atoms with van der Waals surface area (Å²) < 4.78 is 43.1. The number of nitrogens with one attached hydrogen (secondary N) is 2. The molecule has 1 rings (SSSR count). The predicted octanol–water partition coefficient (Wildman–Crippen LogP) is 3.33. The number of hydrogen-bond acceptors (Lipinski definition) is 3. The van der Waals surface area contributed by atoms with Gasteiger partial charge in [0.1, 0.15) is 12.1 Å². The molecule has 1 aromatic rings. The first-order valence-electron chi connectivity index (χ1n) is 7.34. The summed E-state index contributed by atoms with van der Waals surface area (Å²) in [4.78, 5) is 15.5. The number of alkyl halides is 3. The monoisotopic (exact) mass is 473 g/mol. The molecule has 9 heteroatoms. The number of ether oxygens (including phenoxy) is 1. The Morgan fingerprint density at radius 2 is 1.84 bits per heavy atom. The molecule has 0 amide bonds. The second-order valence-corrected chi connectivity index (χ2v) is 6.06. The van der Waals surface area contributed by atoms with Gasteiger partial charge in [-0.2, -0.15) is 13.2 Å². The van der Waals surface area contributed by atoms with Gasteiger partial charge in [0.15, 0.2) is 5.96 Å². The van der Waals surface area contributed by atoms with Gasteiger partial charge in [0.05, 0.1) is 5.56 Å². The van der Waals surface area contributed by atoms with E-state index in [0.29, 0.717) is 11.5 Å². The van der Waals surface area contributed by atoms with Crippen molar-refractivity contribution in [1.29, 1.82) is 0 Å². The molecule has 0 bridgehead atoms. The summed E-state index contributed by atoms with van der Waals surface area (Å²) in [5, 5.41) is 5.60. The molecule has 142 valence electrons. The third-order valence-electron chi connectivity index (χ3n) is 2.76. The van der Waals surface area contributed by atoms with E-state index in [1.54, 1.807) is 26.8 Å². The lowest BCUT2D eigenvalue weighted by atomic mass is 10.1. The lowest BCUT2D eigenvalue weighted by Crippen LogP contribution is -2.41. The molecular formula is C16H23F3IN3O2. The number of aliphatic imine (C=N–C) groups is 1. The largest absolute Gasteiger partial charge is 0.459 e. The molecule has 0 unspecified atom stereocenters. The van der Waals surface area contributed by atoms with Crippen molar-refractivity contribution in [3.63, 3.8) is 0 Å². The molecule has 0 aliphatic carbocycles. The van der Waals surface area contributed by atoms with Crippen molar-refractivity contribution in [2.45, 2.75) is 39.1 Å². The van der Waals surface area contributed by atoms with E-state index in [0.717, 1.165) is 12.1 Å². The molecule has 2 N–H and O–H groups in total. The van der Waals surface area contributed by atoms with Crippen molar-refractivity contribution in [3.8, 4) is 0 Å². The second kappa shape index (κ2) is 9.83. The quantitative estimate of drug-likeness (QED) is 0.305. The molecule has 0 aliphatic heterocycles. The highest BCUT2D eigenvalue weighted by atomic mass is 127. The molecule has 5 nitrogen and oxygen atoms in total. The number of benzene rings is 1. The van der Waals surface area contributed by atoms with Crippen LogP contribution in [-0.2, 0) is 22.3 Å². The van der Waals surface area contributed by atoms with Crippen molar-refractivity contribution in [2.24, 2.45) is 4.99 Å². The molecule has 0 atom stereocenters. The second-order valence-electron chi connectivity index (χ2n) is 6.06. The van der Waals surface area contributed by atoms with Gasteiger partial charge in [0.25, 0.3) is 0 Å². The normalized spacial score (nSPS) is 12.2. The third kappa shape index (κ3) is 9.51. The number of nitrogens with zero attached hydrogens (tertiary/aromatic N) is 1. The average molecular weight is 473 g/mol. The van der Waals surface area contributed by atoms with Crippen LogP contribution >= 0.6 is 24.0 Å². The Morgan fingerprint density at radius 3 is 2.36 bits per heavy atom. The number of hydrogen-bond donors (Lipinski definition) is 2. The van der Waals surface area contributed by atoms with Crippen LogP contribution in [0.25, 0.3) is 0 Å². The van der Waals surface area contributed by atoms with Crippen molar-refractivity contribution < 1.29 is 22.7 Å². The topological polar surface area (TPSA) is 62.7 Å². The molecule has 0 saturated heterocycles. The van der Waals surface area contributed by atoms with Crippen LogP contribution in [0.1, 0.15) is 31.9 Å². The Labute approximate surface area is 162 Å². The lowest BCUT2D eigenvalue weighted by molar-refractivity contribution is -0.153. The molecular weight excluding hydrogens is 450 g/mol. The summed E-state index contributed by atoms with van der Waals surface area (Å²) in [6, 6.07) is 4.99. The molecule has 0 aliphatic rings. The zero-order valence-electron chi connectivity index (χ0n) is 14.5. The van der Waals surface area contributed by atoms with Crippen LogP contribution < -0.4 is 10.6 Å². The zero-order chi connectivity index (χ0) is 18.4. The van der Waals surface area contributed by atoms with E-state index in [9.17, 15) is 18.0 Å². The smallest absolute Gasteiger partial charge is 0.416 e. The molecule has 0 spiro atoms. The molecule has 0 fully saturated rings. The maximum Gasteiger partial charge on any atom is 0.416 e. The van der Waals surface area contributed by atoms with Crippen LogP contribution in [0.5, 0.6) is 0 Å². The van der Waals surface area contributed by atoms with Crippen LogP contribution in [0.3, 0.4) is 0 Å². The fourth-order valence-corrected chi connectivity index (χ4v) is 1.80. The van der Waals surface area contributed by atoms with Gasteiger partial charge in [-0.05, 0) is 38.5 Å². The summed E-state index contributed by atoms with van der Waals surface area (Å²) in [6.45, 7) is 5.31. The van der Waals surface area contributed by atoms with Crippen LogP contribution in [0, 0.1) is 0 Å². The number of carbonyl (C=O) groups is 1. The van der Waals surface area contributed by atoms with E-state index in [1.807, 2.05) is 0 Å². The number of halogens is 4. The highest BCUT2D eigenvalue weighted by molar-refractivity contribution is 14.0. The van der Waals surface area contributed by atoms with Gasteiger partial charge in [0.2, 0.25) is 0 Å². The van der Waals surface area contributed by atoms with Crippen LogP contribution in [-0.4, -0.2) is 31.1 Å². The van der Waals surface area contributed by atoms with E-state index in [1.165, 1.54) is 13.1 Å². The van der Waals surface area contributed by atoms with Crippen LogP contribution in [0.4, 0.5) is 13.2 Å². The number of carbonyl (C=O) groups excluding carboxylic acids is 1. The minimum absolute atomic E-state index is 0. The van der Waals surface area contributed by atoms with Gasteiger partial charge in [-0.3, -0.25) is 9.79 Å². The van der Waals surface area contributed by atoms with E-state index >= 15 is 0 Å². The van der Waals surface area contributed by atoms with Crippen molar-refractivity contribution in [3.05, 3.63) is 35.4 Å². The van der Waals surface area contributed by atoms with E-state index < -0.39 is 23.3 Å². The fourth-order valence-electron chi connectivity index (χ4n) is 1.80. The SMILES string of the molecule is CN=C(NCC(=O)OC(C)(C)C)NCc1cccc(C(F)(F)F)c1.I. The minimum Gasteiger partial charge on any atom is -0.459 e. The van der Waals surface area contributed by atoms with E-state index in [-0.39, 0.29) is 37.1 Å². The highest BCUT2D eigenvalue weighted by Crippen LogP contribution is 2.29. The highest BCUT2D eigenvalue weighted by Gasteiger charge is 2.30. The molecule has 25 heavy (non-hydrogen) atoms. The Hall–Kier alpha value is -1.52. The summed E-state index contributed by atoms with van der Waals surface area (Å²) in [5.74, 6) is -0.164. The molecule has 0 saturated carbocycles. The van der Waals surface area contributed by atoms with Gasteiger partial charge < -0.3 is 15.4 Å². The van der Waals surface area contributed by atoms with E-state index in [4.69, 9.17) is 4.74 Å². The standard InChI is InChI=1S/C16H22F3N3O2.HI/c1-15(2,3)24-13(23)10-22-14(20-4)21-9-11-6-5-7-12(8-11)16(17,18)19;/h5-8H,9-10H2,1-4H3,(H2,20,21,22);1H. The third-order valence-corrected chi connectivity index (χ3v) is 2.76. The minimum atomic E-state index is -4.38. The Kier molecular flexibility index (Phi) is 9.23. The summed E-state index contributed by atoms with van der Waals surface area (Å²) >= 11 is 0. The van der Waals surface area contributed by atoms with Gasteiger partial charge in [0, 0.05) is 13.6 Å². The van der Waals surface area contributed by atoms with Crippen LogP contribution in [0.2, 0.25) is 0 Å². The number of esters is 1. The van der Waals surface area contributed by atoms with Crippen LogP contribution in [0.15, 0.2) is 29.3 Å². The van der Waals surface area contributed by atoms with Gasteiger partial charge in [-0.1, -0.05) is 12.1 Å². The predicted molar refractivity (Wildman–Crippen MR) is 101 cm³/mol. The summed E-state index contributed by atoms with van der Waals surface area (Å²) in [5.41, 5.74) is -0.850. The zero-order valence-corrected chi connectivity index (χ0v) is 16.9. The Morgan fingerprint density at radius 1 is 1.20 bits per heavy atom. The first-order chi connectivity index (χ1) is 11.0. The molecule has 1 aromatic carbocycles. The average Bonchev–Trinajstić information content (AvgIpc) is 2.45.